The van der Waals surface area contributed by atoms with Crippen LogP contribution in [0.4, 0.5) is 5.69 Å². The van der Waals surface area contributed by atoms with E-state index in [0.717, 1.165) is 0 Å². The zero-order valence-electron chi connectivity index (χ0n) is 7.45. The third-order valence-electron chi connectivity index (χ3n) is 1.96. The first kappa shape index (κ1) is 8.45. The highest BCUT2D eigenvalue weighted by Crippen LogP contribution is 2.24. The second-order valence-electron chi connectivity index (χ2n) is 2.81. The second-order valence-corrected chi connectivity index (χ2v) is 3.65. The molecule has 2 heteroatoms. The Morgan fingerprint density at radius 1 is 1.23 bits per heavy atom. The third-order valence-corrected chi connectivity index (χ3v) is 2.64. The van der Waals surface area contributed by atoms with Crippen molar-refractivity contribution in [3.05, 3.63) is 47.0 Å². The van der Waals surface area contributed by atoms with E-state index in [1.165, 1.54) is 16.3 Å². The number of fused-ring (bicyclic) bond motifs is 1. The average molecular weight is 189 g/mol. The van der Waals surface area contributed by atoms with Crippen molar-refractivity contribution in [3.63, 3.8) is 0 Å². The van der Waals surface area contributed by atoms with E-state index in [-0.39, 0.29) is 0 Å². The predicted molar refractivity (Wildman–Crippen MR) is 60.7 cm³/mol. The van der Waals surface area contributed by atoms with Crippen LogP contribution in [0.2, 0.25) is 0 Å². The minimum Gasteiger partial charge on any atom is -0.350 e. The monoisotopic (exact) mass is 189 g/mol. The Morgan fingerprint density at radius 2 is 2.08 bits per heavy atom. The van der Waals surface area contributed by atoms with Gasteiger partial charge in [-0.2, -0.15) is 0 Å². The molecule has 0 unspecified atom stereocenters. The van der Waals surface area contributed by atoms with E-state index in [1.54, 1.807) is 11.8 Å². The van der Waals surface area contributed by atoms with Gasteiger partial charge in [0.2, 0.25) is 0 Å². The van der Waals surface area contributed by atoms with Gasteiger partial charge in [0, 0.05) is 5.69 Å². The van der Waals surface area contributed by atoms with Crippen LogP contribution in [0, 0.1) is 0 Å². The summed E-state index contributed by atoms with van der Waals surface area (Å²) in [6, 6.07) is 8.29. The third kappa shape index (κ3) is 1.78. The molecule has 0 radical (unpaired) electrons. The van der Waals surface area contributed by atoms with Gasteiger partial charge >= 0.3 is 0 Å². The van der Waals surface area contributed by atoms with Crippen molar-refractivity contribution < 1.29 is 0 Å². The average Bonchev–Trinajstić information content (AvgIpc) is 2.38. The molecule has 0 spiro atoms. The number of hydrogen-bond donors (Lipinski definition) is 1. The van der Waals surface area contributed by atoms with Gasteiger partial charge in [-0.1, -0.05) is 30.4 Å². The lowest BCUT2D eigenvalue weighted by molar-refractivity contribution is 1.55. The molecule has 0 atom stereocenters. The van der Waals surface area contributed by atoms with Crippen LogP contribution in [0.25, 0.3) is 6.08 Å². The lowest BCUT2D eigenvalue weighted by Gasteiger charge is -2.08. The fourth-order valence-electron chi connectivity index (χ4n) is 1.29. The molecule has 1 aromatic rings. The first-order chi connectivity index (χ1) is 6.40. The number of thioether (sulfide) groups is 1. The largest absolute Gasteiger partial charge is 0.350 e. The standard InChI is InChI=1S/C11H11NS/c1-13-11-8-4-6-9-5-2-3-7-10(9)12-11/h2-8,12H,1H3. The molecule has 13 heavy (non-hydrogen) atoms. The molecule has 1 heterocycles. The second kappa shape index (κ2) is 3.71. The maximum atomic E-state index is 3.37. The van der Waals surface area contributed by atoms with Crippen molar-refractivity contribution >= 4 is 23.5 Å². The molecule has 1 nitrogen and oxygen atoms in total. The fraction of sp³-hybridized carbons (Fsp3) is 0.0909. The van der Waals surface area contributed by atoms with Gasteiger partial charge < -0.3 is 5.32 Å². The summed E-state index contributed by atoms with van der Waals surface area (Å²) in [4.78, 5) is 0. The van der Waals surface area contributed by atoms with Crippen molar-refractivity contribution in [1.29, 1.82) is 0 Å². The topological polar surface area (TPSA) is 12.0 Å². The van der Waals surface area contributed by atoms with Gasteiger partial charge in [0.05, 0.1) is 5.03 Å². The molecular weight excluding hydrogens is 178 g/mol. The van der Waals surface area contributed by atoms with Gasteiger partial charge in [0.15, 0.2) is 0 Å². The predicted octanol–water partition coefficient (Wildman–Crippen LogP) is 3.33. The summed E-state index contributed by atoms with van der Waals surface area (Å²) in [7, 11) is 0. The smallest absolute Gasteiger partial charge is 0.0722 e. The van der Waals surface area contributed by atoms with Crippen LogP contribution in [0.3, 0.4) is 0 Å². The van der Waals surface area contributed by atoms with E-state index in [9.17, 15) is 0 Å². The van der Waals surface area contributed by atoms with E-state index >= 15 is 0 Å². The van der Waals surface area contributed by atoms with Crippen molar-refractivity contribution in [2.24, 2.45) is 0 Å². The van der Waals surface area contributed by atoms with E-state index in [4.69, 9.17) is 0 Å². The maximum Gasteiger partial charge on any atom is 0.0722 e. The molecule has 1 aliphatic heterocycles. The normalized spacial score (nSPS) is 14.1. The van der Waals surface area contributed by atoms with Gasteiger partial charge in [-0.05, 0) is 24.0 Å². The molecular formula is C11H11NS. The Bertz CT molecular complexity index is 366. The van der Waals surface area contributed by atoms with Crippen LogP contribution in [0.5, 0.6) is 0 Å². The lowest BCUT2D eigenvalue weighted by Crippen LogP contribution is -1.95. The molecule has 2 rings (SSSR count). The first-order valence-electron chi connectivity index (χ1n) is 4.18. The zero-order valence-corrected chi connectivity index (χ0v) is 8.27. The molecule has 0 saturated heterocycles. The van der Waals surface area contributed by atoms with Gasteiger partial charge in [-0.15, -0.1) is 11.8 Å². The first-order valence-corrected chi connectivity index (χ1v) is 5.41. The van der Waals surface area contributed by atoms with Crippen LogP contribution in [-0.2, 0) is 0 Å². The summed E-state index contributed by atoms with van der Waals surface area (Å²) < 4.78 is 0. The van der Waals surface area contributed by atoms with Gasteiger partial charge in [-0.25, -0.2) is 0 Å². The fourth-order valence-corrected chi connectivity index (χ4v) is 1.72. The summed E-state index contributed by atoms with van der Waals surface area (Å²) in [6.07, 6.45) is 8.35. The zero-order chi connectivity index (χ0) is 9.10. The number of hydrogen-bond acceptors (Lipinski definition) is 2. The number of para-hydroxylation sites is 1. The van der Waals surface area contributed by atoms with Crippen LogP contribution in [0.15, 0.2) is 41.4 Å². The molecule has 1 N–H and O–H groups in total. The number of nitrogens with one attached hydrogen (secondary N) is 1. The molecule has 0 fully saturated rings. The van der Waals surface area contributed by atoms with Gasteiger partial charge in [-0.3, -0.25) is 0 Å². The summed E-state index contributed by atoms with van der Waals surface area (Å²) in [6.45, 7) is 0. The lowest BCUT2D eigenvalue weighted by atomic mass is 10.2. The van der Waals surface area contributed by atoms with Crippen LogP contribution < -0.4 is 5.32 Å². The molecule has 0 bridgehead atoms. The number of anilines is 1. The molecule has 0 saturated carbocycles. The number of benzene rings is 1. The molecule has 0 aliphatic carbocycles. The van der Waals surface area contributed by atoms with Crippen molar-refractivity contribution in [3.8, 4) is 0 Å². The highest BCUT2D eigenvalue weighted by Gasteiger charge is 2.02. The Morgan fingerprint density at radius 3 is 2.92 bits per heavy atom. The summed E-state index contributed by atoms with van der Waals surface area (Å²) in [5, 5.41) is 4.55. The van der Waals surface area contributed by atoms with E-state index in [2.05, 4.69) is 48.0 Å². The summed E-state index contributed by atoms with van der Waals surface area (Å²) in [5.41, 5.74) is 2.42. The molecule has 1 aliphatic rings. The Hall–Kier alpha value is -1.15. The van der Waals surface area contributed by atoms with Crippen LogP contribution in [0.1, 0.15) is 5.56 Å². The maximum absolute atomic E-state index is 3.37. The molecule has 0 aromatic heterocycles. The minimum absolute atomic E-state index is 1.18. The van der Waals surface area contributed by atoms with E-state index in [0.29, 0.717) is 0 Å². The highest BCUT2D eigenvalue weighted by molar-refractivity contribution is 8.02. The summed E-state index contributed by atoms with van der Waals surface area (Å²) >= 11 is 1.72. The van der Waals surface area contributed by atoms with E-state index in [1.807, 2.05) is 6.07 Å². The number of allylic oxidation sites excluding steroid dienone is 2. The highest BCUT2D eigenvalue weighted by atomic mass is 32.2. The Labute approximate surface area is 82.5 Å². The van der Waals surface area contributed by atoms with Crippen molar-refractivity contribution in [2.45, 2.75) is 0 Å². The number of rotatable bonds is 1. The minimum atomic E-state index is 1.18. The summed E-state index contributed by atoms with van der Waals surface area (Å²) in [5.74, 6) is 0. The van der Waals surface area contributed by atoms with Crippen LogP contribution in [-0.4, -0.2) is 6.26 Å². The van der Waals surface area contributed by atoms with Crippen molar-refractivity contribution in [2.75, 3.05) is 11.6 Å². The Kier molecular flexibility index (Phi) is 2.41. The van der Waals surface area contributed by atoms with Crippen molar-refractivity contribution in [1.82, 2.24) is 0 Å². The van der Waals surface area contributed by atoms with Gasteiger partial charge in [0.1, 0.15) is 0 Å². The Balaban J connectivity index is 2.40. The van der Waals surface area contributed by atoms with Gasteiger partial charge in [0.25, 0.3) is 0 Å². The molecule has 66 valence electrons. The molecule has 1 aromatic carbocycles. The van der Waals surface area contributed by atoms with E-state index < -0.39 is 0 Å². The SMILES string of the molecule is CSC1=CC=Cc2ccccc2N1. The quantitative estimate of drug-likeness (QED) is 0.727. The molecule has 0 amide bonds. The van der Waals surface area contributed by atoms with Crippen LogP contribution >= 0.6 is 11.8 Å².